The zero-order valence-electron chi connectivity index (χ0n) is 10.6. The molecule has 1 aromatic carbocycles. The Bertz CT molecular complexity index is 585. The van der Waals surface area contributed by atoms with Crippen molar-refractivity contribution in [3.63, 3.8) is 0 Å². The number of anilines is 1. The van der Waals surface area contributed by atoms with E-state index in [4.69, 9.17) is 10.9 Å². The van der Waals surface area contributed by atoms with Gasteiger partial charge < -0.3 is 10.9 Å². The van der Waals surface area contributed by atoms with E-state index >= 15 is 0 Å². The average molecular weight is 289 g/mol. The van der Waals surface area contributed by atoms with Gasteiger partial charge in [-0.15, -0.1) is 0 Å². The third-order valence-electron chi connectivity index (χ3n) is 2.18. The van der Waals surface area contributed by atoms with E-state index in [1.165, 1.54) is 12.1 Å². The molecule has 0 aliphatic rings. The maximum absolute atomic E-state index is 13.4. The van der Waals surface area contributed by atoms with Crippen LogP contribution in [0.4, 0.5) is 10.1 Å². The lowest BCUT2D eigenvalue weighted by Crippen LogP contribution is -2.21. The molecule has 8 heteroatoms. The van der Waals surface area contributed by atoms with Crippen LogP contribution >= 0.6 is 0 Å². The summed E-state index contributed by atoms with van der Waals surface area (Å²) in [6.07, 6.45) is 0. The summed E-state index contributed by atoms with van der Waals surface area (Å²) < 4.78 is 39.2. The number of nitrogens with one attached hydrogen (secondary N) is 1. The molecule has 0 bridgehead atoms. The fraction of sp³-hybridized carbons (Fsp3) is 0.364. The Balaban J connectivity index is 3.04. The summed E-state index contributed by atoms with van der Waals surface area (Å²) >= 11 is 0. The first-order valence-corrected chi connectivity index (χ1v) is 7.18. The van der Waals surface area contributed by atoms with Crippen LogP contribution in [0.2, 0.25) is 0 Å². The van der Waals surface area contributed by atoms with Gasteiger partial charge in [-0.1, -0.05) is 19.0 Å². The van der Waals surface area contributed by atoms with E-state index in [1.807, 2.05) is 0 Å². The standard InChI is InChI=1S/C11H16FN3O3S/c1-7(2)6-19(17,18)15-8-3-4-10(12)9(5-8)11(13)14-16/h3-5,7,15-16H,6H2,1-2H3,(H2,13,14). The number of oxime groups is 1. The lowest BCUT2D eigenvalue weighted by atomic mass is 10.2. The first-order chi connectivity index (χ1) is 8.75. The number of nitrogens with zero attached hydrogens (tertiary/aromatic N) is 1. The van der Waals surface area contributed by atoms with E-state index in [9.17, 15) is 12.8 Å². The molecule has 1 aromatic rings. The molecule has 1 rings (SSSR count). The smallest absolute Gasteiger partial charge is 0.232 e. The zero-order valence-corrected chi connectivity index (χ0v) is 11.4. The third-order valence-corrected chi connectivity index (χ3v) is 3.83. The van der Waals surface area contributed by atoms with Gasteiger partial charge in [0.05, 0.1) is 11.3 Å². The predicted molar refractivity (Wildman–Crippen MR) is 71.2 cm³/mol. The molecule has 0 aliphatic carbocycles. The Morgan fingerprint density at radius 3 is 2.68 bits per heavy atom. The predicted octanol–water partition coefficient (Wildman–Crippen LogP) is 1.32. The van der Waals surface area contributed by atoms with Crippen LogP contribution in [-0.2, 0) is 10.0 Å². The van der Waals surface area contributed by atoms with E-state index in [1.54, 1.807) is 13.8 Å². The van der Waals surface area contributed by atoms with Crippen molar-refractivity contribution in [2.45, 2.75) is 13.8 Å². The van der Waals surface area contributed by atoms with Crippen molar-refractivity contribution in [2.24, 2.45) is 16.8 Å². The fourth-order valence-electron chi connectivity index (χ4n) is 1.50. The summed E-state index contributed by atoms with van der Waals surface area (Å²) in [5.74, 6) is -1.23. The van der Waals surface area contributed by atoms with Crippen molar-refractivity contribution in [3.05, 3.63) is 29.6 Å². The van der Waals surface area contributed by atoms with Crippen molar-refractivity contribution in [2.75, 3.05) is 10.5 Å². The van der Waals surface area contributed by atoms with Gasteiger partial charge in [-0.25, -0.2) is 12.8 Å². The van der Waals surface area contributed by atoms with Gasteiger partial charge in [0.15, 0.2) is 5.84 Å². The molecule has 0 atom stereocenters. The number of halogens is 1. The van der Waals surface area contributed by atoms with Gasteiger partial charge in [0.25, 0.3) is 0 Å². The number of rotatable bonds is 5. The number of amidine groups is 1. The Hall–Kier alpha value is -1.83. The number of nitrogens with two attached hydrogens (primary N) is 1. The van der Waals surface area contributed by atoms with Gasteiger partial charge in [0.2, 0.25) is 10.0 Å². The molecule has 0 unspecified atom stereocenters. The highest BCUT2D eigenvalue weighted by Gasteiger charge is 2.15. The molecule has 106 valence electrons. The molecule has 0 radical (unpaired) electrons. The number of sulfonamides is 1. The molecular weight excluding hydrogens is 273 g/mol. The maximum Gasteiger partial charge on any atom is 0.232 e. The van der Waals surface area contributed by atoms with E-state index in [0.717, 1.165) is 6.07 Å². The Kier molecular flexibility index (Phi) is 4.71. The van der Waals surface area contributed by atoms with Gasteiger partial charge in [-0.2, -0.15) is 0 Å². The second-order valence-electron chi connectivity index (χ2n) is 4.46. The van der Waals surface area contributed by atoms with Crippen LogP contribution < -0.4 is 10.5 Å². The van der Waals surface area contributed by atoms with Crippen LogP contribution in [0, 0.1) is 11.7 Å². The first-order valence-electron chi connectivity index (χ1n) is 5.53. The van der Waals surface area contributed by atoms with Gasteiger partial charge in [0.1, 0.15) is 5.82 Å². The number of benzene rings is 1. The third kappa shape index (κ3) is 4.40. The summed E-state index contributed by atoms with van der Waals surface area (Å²) in [6, 6.07) is 3.48. The molecule has 0 saturated heterocycles. The van der Waals surface area contributed by atoms with Crippen molar-refractivity contribution >= 4 is 21.5 Å². The lowest BCUT2D eigenvalue weighted by molar-refractivity contribution is 0.318. The molecule has 4 N–H and O–H groups in total. The maximum atomic E-state index is 13.4. The summed E-state index contributed by atoms with van der Waals surface area (Å²) in [7, 11) is -3.51. The molecule has 19 heavy (non-hydrogen) atoms. The fourth-order valence-corrected chi connectivity index (χ4v) is 2.95. The minimum atomic E-state index is -3.51. The van der Waals surface area contributed by atoms with Crippen molar-refractivity contribution in [1.82, 2.24) is 0 Å². The SMILES string of the molecule is CC(C)CS(=O)(=O)Nc1ccc(F)c(C(N)=NO)c1. The Morgan fingerprint density at radius 1 is 1.53 bits per heavy atom. The largest absolute Gasteiger partial charge is 0.409 e. The minimum absolute atomic E-state index is 0.0403. The van der Waals surface area contributed by atoms with E-state index < -0.39 is 21.7 Å². The van der Waals surface area contributed by atoms with Gasteiger partial charge in [-0.3, -0.25) is 4.72 Å². The monoisotopic (exact) mass is 289 g/mol. The van der Waals surface area contributed by atoms with Crippen LogP contribution in [0.5, 0.6) is 0 Å². The Morgan fingerprint density at radius 2 is 2.16 bits per heavy atom. The molecule has 6 nitrogen and oxygen atoms in total. The summed E-state index contributed by atoms with van der Waals surface area (Å²) in [4.78, 5) is 0. The molecular formula is C11H16FN3O3S. The van der Waals surface area contributed by atoms with Crippen molar-refractivity contribution in [1.29, 1.82) is 0 Å². The van der Waals surface area contributed by atoms with E-state index in [-0.39, 0.29) is 22.9 Å². The van der Waals surface area contributed by atoms with Crippen molar-refractivity contribution < 1.29 is 18.0 Å². The molecule has 0 aromatic heterocycles. The number of hydrogen-bond acceptors (Lipinski definition) is 4. The minimum Gasteiger partial charge on any atom is -0.409 e. The van der Waals surface area contributed by atoms with E-state index in [0.29, 0.717) is 0 Å². The topological polar surface area (TPSA) is 105 Å². The summed E-state index contributed by atoms with van der Waals surface area (Å²) in [5.41, 5.74) is 5.27. The summed E-state index contributed by atoms with van der Waals surface area (Å²) in [5, 5.41) is 11.2. The quantitative estimate of drug-likeness (QED) is 0.329. The number of hydrogen-bond donors (Lipinski definition) is 3. The second-order valence-corrected chi connectivity index (χ2v) is 6.22. The van der Waals surface area contributed by atoms with Gasteiger partial charge in [0, 0.05) is 5.69 Å². The molecule has 0 saturated carbocycles. The highest BCUT2D eigenvalue weighted by atomic mass is 32.2. The van der Waals surface area contributed by atoms with Gasteiger partial charge in [-0.05, 0) is 24.1 Å². The molecule has 0 aliphatic heterocycles. The molecule has 0 fully saturated rings. The zero-order chi connectivity index (χ0) is 14.6. The van der Waals surface area contributed by atoms with E-state index in [2.05, 4.69) is 9.88 Å². The van der Waals surface area contributed by atoms with Crippen LogP contribution in [-0.4, -0.2) is 25.2 Å². The lowest BCUT2D eigenvalue weighted by Gasteiger charge is -2.11. The highest BCUT2D eigenvalue weighted by molar-refractivity contribution is 7.92. The average Bonchev–Trinajstić information content (AvgIpc) is 2.28. The first kappa shape index (κ1) is 15.2. The van der Waals surface area contributed by atoms with Crippen LogP contribution in [0.25, 0.3) is 0 Å². The van der Waals surface area contributed by atoms with Crippen LogP contribution in [0.3, 0.4) is 0 Å². The summed E-state index contributed by atoms with van der Waals surface area (Å²) in [6.45, 7) is 3.54. The molecule has 0 amide bonds. The normalized spacial score (nSPS) is 12.7. The molecule has 0 heterocycles. The van der Waals surface area contributed by atoms with Crippen LogP contribution in [0.15, 0.2) is 23.4 Å². The van der Waals surface area contributed by atoms with Crippen LogP contribution in [0.1, 0.15) is 19.4 Å². The Labute approximate surface area is 111 Å². The highest BCUT2D eigenvalue weighted by Crippen LogP contribution is 2.16. The second kappa shape index (κ2) is 5.87. The van der Waals surface area contributed by atoms with Crippen molar-refractivity contribution in [3.8, 4) is 0 Å². The molecule has 0 spiro atoms. The van der Waals surface area contributed by atoms with Gasteiger partial charge >= 0.3 is 0 Å².